The minimum absolute atomic E-state index is 0.241. The molecule has 0 saturated heterocycles. The first kappa shape index (κ1) is 17.4. The van der Waals surface area contributed by atoms with Gasteiger partial charge in [-0.1, -0.05) is 29.3 Å². The quantitative estimate of drug-likeness (QED) is 0.747. The Labute approximate surface area is 152 Å². The van der Waals surface area contributed by atoms with Crippen molar-refractivity contribution in [3.05, 3.63) is 52.3 Å². The predicted octanol–water partition coefficient (Wildman–Crippen LogP) is 4.22. The average Bonchev–Trinajstić information content (AvgIpc) is 2.84. The molecule has 3 aromatic rings. The Kier molecular flexibility index (Phi) is 4.29. The number of carbonyl (C=O) groups excluding carboxylic acids is 1. The fourth-order valence-corrected chi connectivity index (χ4v) is 3.00. The molecule has 0 aliphatic rings. The number of hydrogen-bond donors (Lipinski definition) is 1. The number of pyridine rings is 1. The molecular formula is C19H21ClN4O. The number of aromatic nitrogens is 3. The summed E-state index contributed by atoms with van der Waals surface area (Å²) in [6, 6.07) is 8.00. The fraction of sp³-hybridized carbons (Fsp3) is 0.316. The topological polar surface area (TPSA) is 59.8 Å². The molecule has 0 atom stereocenters. The molecule has 0 aliphatic heterocycles. The normalized spacial score (nSPS) is 11.8. The van der Waals surface area contributed by atoms with E-state index in [1.54, 1.807) is 4.68 Å². The molecule has 0 spiro atoms. The Balaban J connectivity index is 2.13. The molecule has 1 N–H and O–H groups in total. The fourth-order valence-electron chi connectivity index (χ4n) is 2.64. The van der Waals surface area contributed by atoms with Crippen LogP contribution in [0.2, 0.25) is 5.02 Å². The highest BCUT2D eigenvalue weighted by molar-refractivity contribution is 6.38. The van der Waals surface area contributed by atoms with E-state index in [-0.39, 0.29) is 11.4 Å². The third-order valence-electron chi connectivity index (χ3n) is 3.82. The number of fused-ring (bicyclic) bond motifs is 1. The lowest BCUT2D eigenvalue weighted by atomic mass is 10.1. The molecule has 0 bridgehead atoms. The highest BCUT2D eigenvalue weighted by Gasteiger charge is 2.22. The van der Waals surface area contributed by atoms with Gasteiger partial charge in [-0.3, -0.25) is 4.79 Å². The van der Waals surface area contributed by atoms with E-state index in [4.69, 9.17) is 11.6 Å². The summed E-state index contributed by atoms with van der Waals surface area (Å²) in [7, 11) is 0. The molecule has 0 fully saturated rings. The first-order valence-corrected chi connectivity index (χ1v) is 8.48. The molecule has 2 aromatic heterocycles. The number of rotatable bonds is 2. The first-order valence-electron chi connectivity index (χ1n) is 8.11. The Hall–Kier alpha value is -2.40. The molecule has 2 heterocycles. The summed E-state index contributed by atoms with van der Waals surface area (Å²) in [4.78, 5) is 17.0. The summed E-state index contributed by atoms with van der Waals surface area (Å²) in [5.74, 6) is -0.241. The maximum atomic E-state index is 12.5. The van der Waals surface area contributed by atoms with Crippen molar-refractivity contribution in [1.29, 1.82) is 0 Å². The molecule has 5 nitrogen and oxygen atoms in total. The molecule has 0 radical (unpaired) electrons. The third-order valence-corrected chi connectivity index (χ3v) is 4.21. The summed E-state index contributed by atoms with van der Waals surface area (Å²) in [6.07, 6.45) is 1.51. The highest BCUT2D eigenvalue weighted by atomic mass is 35.5. The molecule has 0 saturated carbocycles. The zero-order valence-electron chi connectivity index (χ0n) is 15.0. The SMILES string of the molecule is Cc1ccc(-n2nc(C)c3c(Cl)c(C(=O)NC(C)(C)C)cnc32)cc1. The monoisotopic (exact) mass is 356 g/mol. The number of hydrogen-bond acceptors (Lipinski definition) is 3. The maximum absolute atomic E-state index is 12.5. The van der Waals surface area contributed by atoms with Crippen LogP contribution in [0.5, 0.6) is 0 Å². The van der Waals surface area contributed by atoms with E-state index in [0.717, 1.165) is 11.4 Å². The van der Waals surface area contributed by atoms with Crippen LogP contribution in [-0.2, 0) is 0 Å². The molecule has 3 rings (SSSR count). The summed E-state index contributed by atoms with van der Waals surface area (Å²) in [5.41, 5.74) is 3.45. The largest absolute Gasteiger partial charge is 0.347 e. The van der Waals surface area contributed by atoms with E-state index in [1.807, 2.05) is 58.9 Å². The van der Waals surface area contributed by atoms with Gasteiger partial charge < -0.3 is 5.32 Å². The van der Waals surface area contributed by atoms with Crippen LogP contribution in [-0.4, -0.2) is 26.2 Å². The van der Waals surface area contributed by atoms with Gasteiger partial charge in [0.05, 0.1) is 27.4 Å². The molecule has 1 aromatic carbocycles. The number of amides is 1. The molecule has 0 unspecified atom stereocenters. The first-order chi connectivity index (χ1) is 11.7. The minimum Gasteiger partial charge on any atom is -0.347 e. The number of nitrogens with one attached hydrogen (secondary N) is 1. The molecule has 1 amide bonds. The van der Waals surface area contributed by atoms with Crippen molar-refractivity contribution < 1.29 is 4.79 Å². The van der Waals surface area contributed by atoms with Gasteiger partial charge in [-0.05, 0) is 46.8 Å². The van der Waals surface area contributed by atoms with Crippen molar-refractivity contribution in [1.82, 2.24) is 20.1 Å². The highest BCUT2D eigenvalue weighted by Crippen LogP contribution is 2.30. The van der Waals surface area contributed by atoms with Crippen molar-refractivity contribution in [2.24, 2.45) is 0 Å². The lowest BCUT2D eigenvalue weighted by molar-refractivity contribution is 0.0919. The lowest BCUT2D eigenvalue weighted by Crippen LogP contribution is -2.40. The van der Waals surface area contributed by atoms with E-state index < -0.39 is 0 Å². The van der Waals surface area contributed by atoms with Gasteiger partial charge in [0.15, 0.2) is 5.65 Å². The number of aryl methyl sites for hydroxylation is 2. The van der Waals surface area contributed by atoms with Gasteiger partial charge in [0.1, 0.15) is 0 Å². The second-order valence-corrected chi connectivity index (χ2v) is 7.60. The second-order valence-electron chi connectivity index (χ2n) is 7.22. The van der Waals surface area contributed by atoms with Crippen molar-refractivity contribution in [3.8, 4) is 5.69 Å². The summed E-state index contributed by atoms with van der Waals surface area (Å²) >= 11 is 6.54. The molecule has 6 heteroatoms. The predicted molar refractivity (Wildman–Crippen MR) is 101 cm³/mol. The van der Waals surface area contributed by atoms with Crippen LogP contribution in [0, 0.1) is 13.8 Å². The third kappa shape index (κ3) is 3.37. The van der Waals surface area contributed by atoms with E-state index in [0.29, 0.717) is 21.6 Å². The average molecular weight is 357 g/mol. The smallest absolute Gasteiger partial charge is 0.254 e. The minimum atomic E-state index is -0.351. The van der Waals surface area contributed by atoms with Gasteiger partial charge in [-0.15, -0.1) is 0 Å². The standard InChI is InChI=1S/C19H21ClN4O/c1-11-6-8-13(9-7-11)24-17-15(12(2)23-24)16(20)14(10-21-17)18(25)22-19(3,4)5/h6-10H,1-5H3,(H,22,25). The van der Waals surface area contributed by atoms with Crippen LogP contribution in [0.4, 0.5) is 0 Å². The van der Waals surface area contributed by atoms with Gasteiger partial charge in [-0.2, -0.15) is 5.10 Å². The van der Waals surface area contributed by atoms with Gasteiger partial charge >= 0.3 is 0 Å². The lowest BCUT2D eigenvalue weighted by Gasteiger charge is -2.20. The van der Waals surface area contributed by atoms with Crippen molar-refractivity contribution in [3.63, 3.8) is 0 Å². The zero-order chi connectivity index (χ0) is 18.4. The van der Waals surface area contributed by atoms with E-state index in [2.05, 4.69) is 15.4 Å². The summed E-state index contributed by atoms with van der Waals surface area (Å²) in [6.45, 7) is 9.67. The number of carbonyl (C=O) groups is 1. The molecule has 25 heavy (non-hydrogen) atoms. The van der Waals surface area contributed by atoms with Gasteiger partial charge in [0.25, 0.3) is 5.91 Å². The van der Waals surface area contributed by atoms with E-state index >= 15 is 0 Å². The van der Waals surface area contributed by atoms with Crippen LogP contribution in [0.3, 0.4) is 0 Å². The Morgan fingerprint density at radius 2 is 1.80 bits per heavy atom. The number of nitrogens with zero attached hydrogens (tertiary/aromatic N) is 3. The second kappa shape index (κ2) is 6.15. The summed E-state index contributed by atoms with van der Waals surface area (Å²) < 4.78 is 1.75. The van der Waals surface area contributed by atoms with E-state index in [1.165, 1.54) is 11.8 Å². The maximum Gasteiger partial charge on any atom is 0.254 e. The van der Waals surface area contributed by atoms with Crippen LogP contribution in [0.25, 0.3) is 16.7 Å². The van der Waals surface area contributed by atoms with Crippen LogP contribution in [0.15, 0.2) is 30.5 Å². The molecule has 0 aliphatic carbocycles. The van der Waals surface area contributed by atoms with Crippen molar-refractivity contribution in [2.75, 3.05) is 0 Å². The number of benzene rings is 1. The van der Waals surface area contributed by atoms with Crippen LogP contribution in [0.1, 0.15) is 42.4 Å². The Bertz CT molecular complexity index is 952. The summed E-state index contributed by atoms with van der Waals surface area (Å²) in [5, 5.41) is 8.55. The van der Waals surface area contributed by atoms with Crippen molar-refractivity contribution >= 4 is 28.5 Å². The van der Waals surface area contributed by atoms with Gasteiger partial charge in [0, 0.05) is 11.7 Å². The van der Waals surface area contributed by atoms with Crippen molar-refractivity contribution in [2.45, 2.75) is 40.2 Å². The number of halogens is 1. The molecular weight excluding hydrogens is 336 g/mol. The van der Waals surface area contributed by atoms with Crippen LogP contribution >= 0.6 is 11.6 Å². The van der Waals surface area contributed by atoms with Crippen LogP contribution < -0.4 is 5.32 Å². The Morgan fingerprint density at radius 3 is 2.40 bits per heavy atom. The zero-order valence-corrected chi connectivity index (χ0v) is 15.8. The molecule has 130 valence electrons. The van der Waals surface area contributed by atoms with Gasteiger partial charge in [-0.25, -0.2) is 9.67 Å². The van der Waals surface area contributed by atoms with E-state index in [9.17, 15) is 4.79 Å². The Morgan fingerprint density at radius 1 is 1.16 bits per heavy atom. The van der Waals surface area contributed by atoms with Gasteiger partial charge in [0.2, 0.25) is 0 Å².